The first-order chi connectivity index (χ1) is 18.2. The Kier molecular flexibility index (Phi) is 11.0. The molecule has 2 rings (SSSR count). The molecule has 0 heterocycles. The fraction of sp³-hybridized carbons (Fsp3) is 0.452. The summed E-state index contributed by atoms with van der Waals surface area (Å²) >= 11 is 0. The molecule has 3 unspecified atom stereocenters. The minimum Gasteiger partial charge on any atom is -0.508 e. The average molecular weight is 536 g/mol. The normalized spacial score (nSPS) is 13.4. The van der Waals surface area contributed by atoms with Crippen LogP contribution >= 0.6 is 0 Å². The Morgan fingerprint density at radius 1 is 1.08 bits per heavy atom. The molecule has 0 radical (unpaired) electrons. The van der Waals surface area contributed by atoms with Gasteiger partial charge in [-0.15, -0.1) is 0 Å². The molecule has 3 amide bonds. The zero-order chi connectivity index (χ0) is 29.3. The maximum Gasteiger partial charge on any atom is 0.408 e. The summed E-state index contributed by atoms with van der Waals surface area (Å²) in [6.07, 6.45) is 6.82. The molecule has 0 saturated carbocycles. The summed E-state index contributed by atoms with van der Waals surface area (Å²) < 4.78 is 5.40. The van der Waals surface area contributed by atoms with E-state index >= 15 is 0 Å². The Labute approximate surface area is 232 Å². The number of ether oxygens (including phenoxy) is 1. The maximum atomic E-state index is 14.1. The number of alkyl carbamates (subject to hydrolysis) is 1. The van der Waals surface area contributed by atoms with Gasteiger partial charge in [0.2, 0.25) is 5.91 Å². The number of aromatic hydroxyl groups is 1. The first-order valence-electron chi connectivity index (χ1n) is 13.2. The molecule has 0 bridgehead atoms. The number of hydrogen-bond donors (Lipinski definition) is 3. The number of phenols is 1. The summed E-state index contributed by atoms with van der Waals surface area (Å²) in [6.45, 7) is 12.8. The highest BCUT2D eigenvalue weighted by molar-refractivity contribution is 5.93. The van der Waals surface area contributed by atoms with E-state index < -0.39 is 35.6 Å². The van der Waals surface area contributed by atoms with Crippen molar-refractivity contribution < 1.29 is 24.2 Å². The molecule has 3 N–H and O–H groups in total. The number of rotatable bonds is 10. The lowest BCUT2D eigenvalue weighted by atomic mass is 9.95. The molecule has 8 nitrogen and oxygen atoms in total. The Hall–Kier alpha value is -3.99. The number of hydrogen-bond acceptors (Lipinski definition) is 5. The third-order valence-corrected chi connectivity index (χ3v) is 6.09. The molecule has 210 valence electrons. The van der Waals surface area contributed by atoms with Gasteiger partial charge in [0.05, 0.1) is 0 Å². The minimum absolute atomic E-state index is 0.0594. The molecular formula is C31H41N3O5. The van der Waals surface area contributed by atoms with Gasteiger partial charge in [0.15, 0.2) is 0 Å². The van der Waals surface area contributed by atoms with Crippen LogP contribution in [0.1, 0.15) is 75.8 Å². The van der Waals surface area contributed by atoms with Crippen molar-refractivity contribution >= 4 is 17.9 Å². The van der Waals surface area contributed by atoms with Crippen LogP contribution in [0.15, 0.2) is 42.5 Å². The molecule has 0 aliphatic carbocycles. The van der Waals surface area contributed by atoms with Crippen molar-refractivity contribution in [3.05, 3.63) is 64.7 Å². The summed E-state index contributed by atoms with van der Waals surface area (Å²) in [6, 6.07) is 12.0. The standard InChI is InChI=1S/C31H41N3O5/c1-9-11-22(5)32-28(36)27(25-18-20(3)12-13-21(25)4)34(10-2)29(37)26(33-30(38)39-31(6,7)8)19-23-14-16-24(35)17-15-23/h2,12-18,22,26-27,35H,9,11,19H2,1,3-8H3,(H,32,36)(H,33,38). The topological polar surface area (TPSA) is 108 Å². The molecule has 0 aliphatic rings. The van der Waals surface area contributed by atoms with Crippen LogP contribution in [0.3, 0.4) is 0 Å². The number of nitrogens with zero attached hydrogens (tertiary/aromatic N) is 1. The third-order valence-electron chi connectivity index (χ3n) is 6.09. The minimum atomic E-state index is -1.14. The van der Waals surface area contributed by atoms with Gasteiger partial charge >= 0.3 is 6.09 Å². The molecule has 8 heteroatoms. The zero-order valence-corrected chi connectivity index (χ0v) is 24.0. The number of benzene rings is 2. The number of carbonyl (C=O) groups is 3. The monoisotopic (exact) mass is 535 g/mol. The SMILES string of the molecule is C#CN(C(=O)C(Cc1ccc(O)cc1)NC(=O)OC(C)(C)C)C(C(=O)NC(C)CCC)c1cc(C)ccc1C. The lowest BCUT2D eigenvalue weighted by Gasteiger charge is -2.32. The molecule has 0 aliphatic heterocycles. The van der Waals surface area contributed by atoms with E-state index in [1.165, 1.54) is 12.1 Å². The Morgan fingerprint density at radius 3 is 2.28 bits per heavy atom. The molecule has 0 spiro atoms. The van der Waals surface area contributed by atoms with E-state index in [1.807, 2.05) is 45.9 Å². The predicted molar refractivity (Wildman–Crippen MR) is 152 cm³/mol. The van der Waals surface area contributed by atoms with Gasteiger partial charge < -0.3 is 20.5 Å². The average Bonchev–Trinajstić information content (AvgIpc) is 2.83. The van der Waals surface area contributed by atoms with Crippen molar-refractivity contribution in [3.8, 4) is 18.2 Å². The Bertz CT molecular complexity index is 1190. The van der Waals surface area contributed by atoms with Crippen molar-refractivity contribution in [1.29, 1.82) is 0 Å². The van der Waals surface area contributed by atoms with Crippen LogP contribution < -0.4 is 10.6 Å². The number of amides is 3. The molecule has 0 aromatic heterocycles. The van der Waals surface area contributed by atoms with Crippen LogP contribution in [-0.2, 0) is 20.7 Å². The fourth-order valence-electron chi connectivity index (χ4n) is 4.23. The van der Waals surface area contributed by atoms with E-state index in [9.17, 15) is 19.5 Å². The fourth-order valence-corrected chi connectivity index (χ4v) is 4.23. The maximum absolute atomic E-state index is 14.1. The highest BCUT2D eigenvalue weighted by atomic mass is 16.6. The third kappa shape index (κ3) is 9.36. The number of carbonyl (C=O) groups excluding carboxylic acids is 3. The molecule has 39 heavy (non-hydrogen) atoms. The highest BCUT2D eigenvalue weighted by Gasteiger charge is 2.37. The van der Waals surface area contributed by atoms with E-state index in [4.69, 9.17) is 11.2 Å². The van der Waals surface area contributed by atoms with Crippen molar-refractivity contribution in [2.24, 2.45) is 0 Å². The van der Waals surface area contributed by atoms with Gasteiger partial charge in [-0.25, -0.2) is 4.79 Å². The molecule has 3 atom stereocenters. The summed E-state index contributed by atoms with van der Waals surface area (Å²) in [5, 5.41) is 15.3. The summed E-state index contributed by atoms with van der Waals surface area (Å²) in [7, 11) is 0. The molecule has 0 fully saturated rings. The predicted octanol–water partition coefficient (Wildman–Crippen LogP) is 4.91. The van der Waals surface area contributed by atoms with Crippen LogP contribution in [-0.4, -0.2) is 45.6 Å². The Balaban J connectivity index is 2.54. The van der Waals surface area contributed by atoms with Crippen LogP contribution in [0, 0.1) is 26.3 Å². The largest absolute Gasteiger partial charge is 0.508 e. The zero-order valence-electron chi connectivity index (χ0n) is 24.0. The molecule has 2 aromatic rings. The van der Waals surface area contributed by atoms with E-state index in [0.717, 1.165) is 28.9 Å². The van der Waals surface area contributed by atoms with E-state index in [-0.39, 0.29) is 18.2 Å². The van der Waals surface area contributed by atoms with Crippen molar-refractivity contribution in [3.63, 3.8) is 0 Å². The summed E-state index contributed by atoms with van der Waals surface area (Å²) in [4.78, 5) is 41.5. The van der Waals surface area contributed by atoms with Crippen molar-refractivity contribution in [2.45, 2.75) is 91.5 Å². The van der Waals surface area contributed by atoms with Gasteiger partial charge in [0.25, 0.3) is 5.91 Å². The van der Waals surface area contributed by atoms with Gasteiger partial charge in [-0.2, -0.15) is 0 Å². The molecular weight excluding hydrogens is 494 g/mol. The lowest BCUT2D eigenvalue weighted by molar-refractivity contribution is -0.138. The van der Waals surface area contributed by atoms with Gasteiger partial charge in [-0.05, 0) is 76.8 Å². The first kappa shape index (κ1) is 31.2. The van der Waals surface area contributed by atoms with Gasteiger partial charge in [-0.1, -0.05) is 55.7 Å². The van der Waals surface area contributed by atoms with Gasteiger partial charge in [0, 0.05) is 18.5 Å². The lowest BCUT2D eigenvalue weighted by Crippen LogP contribution is -2.53. The first-order valence-corrected chi connectivity index (χ1v) is 13.2. The number of phenolic OH excluding ortho intramolecular Hbond substituents is 1. The van der Waals surface area contributed by atoms with Crippen LogP contribution in [0.4, 0.5) is 4.79 Å². The van der Waals surface area contributed by atoms with E-state index in [2.05, 4.69) is 16.7 Å². The number of nitrogens with one attached hydrogen (secondary N) is 2. The van der Waals surface area contributed by atoms with Crippen molar-refractivity contribution in [1.82, 2.24) is 15.5 Å². The van der Waals surface area contributed by atoms with Gasteiger partial charge in [-0.3, -0.25) is 14.5 Å². The van der Waals surface area contributed by atoms with Gasteiger partial charge in [0.1, 0.15) is 23.4 Å². The van der Waals surface area contributed by atoms with Crippen LogP contribution in [0.2, 0.25) is 0 Å². The quantitative estimate of drug-likeness (QED) is 0.296. The highest BCUT2D eigenvalue weighted by Crippen LogP contribution is 2.27. The van der Waals surface area contributed by atoms with Crippen molar-refractivity contribution in [2.75, 3.05) is 0 Å². The molecule has 0 saturated heterocycles. The summed E-state index contributed by atoms with van der Waals surface area (Å²) in [5.41, 5.74) is 2.18. The Morgan fingerprint density at radius 2 is 1.72 bits per heavy atom. The number of terminal acetylenes is 1. The second-order valence-electron chi connectivity index (χ2n) is 10.9. The van der Waals surface area contributed by atoms with E-state index in [0.29, 0.717) is 11.1 Å². The van der Waals surface area contributed by atoms with E-state index in [1.54, 1.807) is 32.9 Å². The number of aryl methyl sites for hydroxylation is 2. The van der Waals surface area contributed by atoms with Crippen LogP contribution in [0.25, 0.3) is 0 Å². The molecule has 2 aromatic carbocycles. The second kappa shape index (κ2) is 13.7. The summed E-state index contributed by atoms with van der Waals surface area (Å²) in [5.74, 6) is -0.975. The smallest absolute Gasteiger partial charge is 0.408 e. The van der Waals surface area contributed by atoms with Crippen LogP contribution in [0.5, 0.6) is 5.75 Å². The second-order valence-corrected chi connectivity index (χ2v) is 10.9.